The van der Waals surface area contributed by atoms with Gasteiger partial charge in [0.05, 0.1) is 18.1 Å². The van der Waals surface area contributed by atoms with E-state index in [0.717, 1.165) is 29.5 Å². The maximum absolute atomic E-state index is 4.53. The van der Waals surface area contributed by atoms with Gasteiger partial charge in [-0.25, -0.2) is 4.98 Å². The molecule has 1 saturated carbocycles. The van der Waals surface area contributed by atoms with Crippen LogP contribution in [0.3, 0.4) is 0 Å². The molecular formula is C21H30N4S. The van der Waals surface area contributed by atoms with Crippen molar-refractivity contribution in [1.82, 2.24) is 14.7 Å². The lowest BCUT2D eigenvalue weighted by molar-refractivity contribution is 0.328. The maximum atomic E-state index is 4.53. The van der Waals surface area contributed by atoms with Gasteiger partial charge in [-0.1, -0.05) is 42.3 Å². The average Bonchev–Trinajstić information content (AvgIpc) is 2.66. The third kappa shape index (κ3) is 5.99. The van der Waals surface area contributed by atoms with Crippen LogP contribution in [-0.2, 0) is 0 Å². The molecule has 1 aromatic heterocycles. The SMILES string of the molecule is CC(C)(C)SN[C@H]1CC[C@H](CNc2cnc(-c3ccccc3)cn2)CC1. The molecule has 0 atom stereocenters. The smallest absolute Gasteiger partial charge is 0.144 e. The Bertz CT molecular complexity index is 659. The molecule has 5 heteroatoms. The highest BCUT2D eigenvalue weighted by Gasteiger charge is 2.22. The van der Waals surface area contributed by atoms with E-state index < -0.39 is 0 Å². The normalized spacial score (nSPS) is 20.7. The molecule has 140 valence electrons. The third-order valence-electron chi connectivity index (χ3n) is 4.67. The fourth-order valence-corrected chi connectivity index (χ4v) is 3.93. The molecule has 0 bridgehead atoms. The summed E-state index contributed by atoms with van der Waals surface area (Å²) in [5, 5.41) is 3.46. The number of hydrogen-bond donors (Lipinski definition) is 2. The monoisotopic (exact) mass is 370 g/mol. The molecule has 0 spiro atoms. The summed E-state index contributed by atoms with van der Waals surface area (Å²) in [6.07, 6.45) is 8.75. The molecule has 2 aromatic rings. The van der Waals surface area contributed by atoms with Crippen LogP contribution in [0.4, 0.5) is 5.82 Å². The second kappa shape index (κ2) is 8.87. The van der Waals surface area contributed by atoms with Crippen LogP contribution in [0.5, 0.6) is 0 Å². The van der Waals surface area contributed by atoms with E-state index in [1.54, 1.807) is 0 Å². The zero-order valence-electron chi connectivity index (χ0n) is 16.0. The van der Waals surface area contributed by atoms with Crippen molar-refractivity contribution in [3.63, 3.8) is 0 Å². The van der Waals surface area contributed by atoms with Crippen molar-refractivity contribution in [2.75, 3.05) is 11.9 Å². The lowest BCUT2D eigenvalue weighted by atomic mass is 9.86. The summed E-state index contributed by atoms with van der Waals surface area (Å²) < 4.78 is 3.93. The highest BCUT2D eigenvalue weighted by atomic mass is 32.2. The van der Waals surface area contributed by atoms with Crippen molar-refractivity contribution < 1.29 is 0 Å². The molecule has 26 heavy (non-hydrogen) atoms. The Hall–Kier alpha value is -1.59. The number of hydrogen-bond acceptors (Lipinski definition) is 5. The highest BCUT2D eigenvalue weighted by molar-refractivity contribution is 7.98. The summed E-state index contributed by atoms with van der Waals surface area (Å²) >= 11 is 1.87. The number of rotatable bonds is 6. The van der Waals surface area contributed by atoms with Crippen molar-refractivity contribution in [3.8, 4) is 11.3 Å². The number of anilines is 1. The van der Waals surface area contributed by atoms with Crippen molar-refractivity contribution in [2.24, 2.45) is 5.92 Å². The second-order valence-corrected chi connectivity index (χ2v) is 9.75. The van der Waals surface area contributed by atoms with Crippen LogP contribution >= 0.6 is 11.9 Å². The first-order valence-corrected chi connectivity index (χ1v) is 10.4. The average molecular weight is 371 g/mol. The van der Waals surface area contributed by atoms with Gasteiger partial charge < -0.3 is 5.32 Å². The van der Waals surface area contributed by atoms with E-state index in [0.29, 0.717) is 6.04 Å². The first-order chi connectivity index (χ1) is 12.5. The van der Waals surface area contributed by atoms with E-state index in [1.807, 2.05) is 42.5 Å². The quantitative estimate of drug-likeness (QED) is 0.689. The van der Waals surface area contributed by atoms with Crippen molar-refractivity contribution in [2.45, 2.75) is 57.2 Å². The van der Waals surface area contributed by atoms with E-state index in [1.165, 1.54) is 25.7 Å². The van der Waals surface area contributed by atoms with Crippen LogP contribution in [0.15, 0.2) is 42.7 Å². The molecule has 0 aliphatic heterocycles. The molecule has 0 radical (unpaired) electrons. The van der Waals surface area contributed by atoms with Crippen LogP contribution in [-0.4, -0.2) is 27.3 Å². The van der Waals surface area contributed by atoms with Crippen LogP contribution in [0.1, 0.15) is 46.5 Å². The van der Waals surface area contributed by atoms with Gasteiger partial charge in [-0.15, -0.1) is 0 Å². The van der Waals surface area contributed by atoms with E-state index in [2.05, 4.69) is 52.9 Å². The summed E-state index contributed by atoms with van der Waals surface area (Å²) in [5.41, 5.74) is 2.02. The zero-order valence-corrected chi connectivity index (χ0v) is 16.9. The van der Waals surface area contributed by atoms with Crippen LogP contribution in [0.2, 0.25) is 0 Å². The molecular weight excluding hydrogens is 340 g/mol. The van der Waals surface area contributed by atoms with E-state index in [4.69, 9.17) is 0 Å². The maximum Gasteiger partial charge on any atom is 0.144 e. The largest absolute Gasteiger partial charge is 0.369 e. The summed E-state index contributed by atoms with van der Waals surface area (Å²) in [5.74, 6) is 1.59. The van der Waals surface area contributed by atoms with Gasteiger partial charge in [0, 0.05) is 22.9 Å². The van der Waals surface area contributed by atoms with Gasteiger partial charge in [-0.05, 0) is 52.4 Å². The minimum absolute atomic E-state index is 0.281. The fourth-order valence-electron chi connectivity index (χ4n) is 3.17. The second-order valence-electron chi connectivity index (χ2n) is 8.08. The third-order valence-corrected chi connectivity index (χ3v) is 5.74. The predicted octanol–water partition coefficient (Wildman–Crippen LogP) is 5.15. The summed E-state index contributed by atoms with van der Waals surface area (Å²) in [6, 6.07) is 10.8. The molecule has 1 aromatic carbocycles. The van der Waals surface area contributed by atoms with Gasteiger partial charge in [-0.3, -0.25) is 9.71 Å². The van der Waals surface area contributed by atoms with E-state index in [-0.39, 0.29) is 4.75 Å². The Morgan fingerprint density at radius 3 is 2.35 bits per heavy atom. The van der Waals surface area contributed by atoms with Crippen molar-refractivity contribution in [1.29, 1.82) is 0 Å². The van der Waals surface area contributed by atoms with Crippen LogP contribution < -0.4 is 10.0 Å². The van der Waals surface area contributed by atoms with Crippen LogP contribution in [0.25, 0.3) is 11.3 Å². The van der Waals surface area contributed by atoms with Gasteiger partial charge in [0.1, 0.15) is 5.82 Å². The Labute approximate surface area is 161 Å². The molecule has 2 N–H and O–H groups in total. The van der Waals surface area contributed by atoms with Gasteiger partial charge in [0.15, 0.2) is 0 Å². The summed E-state index contributed by atoms with van der Waals surface area (Å²) in [4.78, 5) is 9.06. The molecule has 1 aliphatic rings. The molecule has 1 heterocycles. The Morgan fingerprint density at radius 2 is 1.73 bits per heavy atom. The molecule has 0 unspecified atom stereocenters. The number of nitrogens with zero attached hydrogens (tertiary/aromatic N) is 2. The predicted molar refractivity (Wildman–Crippen MR) is 112 cm³/mol. The van der Waals surface area contributed by atoms with Gasteiger partial charge in [0.2, 0.25) is 0 Å². The number of benzene rings is 1. The lowest BCUT2D eigenvalue weighted by Gasteiger charge is -2.31. The minimum atomic E-state index is 0.281. The molecule has 1 fully saturated rings. The van der Waals surface area contributed by atoms with Crippen molar-refractivity contribution >= 4 is 17.8 Å². The first kappa shape index (κ1) is 19.2. The number of aromatic nitrogens is 2. The molecule has 0 saturated heterocycles. The fraction of sp³-hybridized carbons (Fsp3) is 0.524. The van der Waals surface area contributed by atoms with Gasteiger partial charge in [-0.2, -0.15) is 0 Å². The first-order valence-electron chi connectivity index (χ1n) is 9.54. The van der Waals surface area contributed by atoms with Crippen molar-refractivity contribution in [3.05, 3.63) is 42.7 Å². The van der Waals surface area contributed by atoms with Gasteiger partial charge in [0.25, 0.3) is 0 Å². The van der Waals surface area contributed by atoms with Gasteiger partial charge >= 0.3 is 0 Å². The number of nitrogens with one attached hydrogen (secondary N) is 2. The molecule has 3 rings (SSSR count). The summed E-state index contributed by atoms with van der Waals surface area (Å²) in [7, 11) is 0. The molecule has 0 amide bonds. The standard InChI is InChI=1S/C21H30N4S/c1-21(2,3)26-25-18-11-9-16(10-12-18)13-23-20-15-22-19(14-24-20)17-7-5-4-6-8-17/h4-8,14-16,18,25H,9-13H2,1-3H3,(H,23,24)/t16-,18-. The van der Waals surface area contributed by atoms with Crippen LogP contribution in [0, 0.1) is 5.92 Å². The highest BCUT2D eigenvalue weighted by Crippen LogP contribution is 2.28. The minimum Gasteiger partial charge on any atom is -0.369 e. The topological polar surface area (TPSA) is 49.8 Å². The molecule has 4 nitrogen and oxygen atoms in total. The summed E-state index contributed by atoms with van der Waals surface area (Å²) in [6.45, 7) is 7.75. The Morgan fingerprint density at radius 1 is 1.00 bits per heavy atom. The Kier molecular flexibility index (Phi) is 6.54. The Balaban J connectivity index is 1.41. The lowest BCUT2D eigenvalue weighted by Crippen LogP contribution is -2.33. The molecule has 1 aliphatic carbocycles. The van der Waals surface area contributed by atoms with E-state index >= 15 is 0 Å². The van der Waals surface area contributed by atoms with E-state index in [9.17, 15) is 0 Å². The zero-order chi connectivity index (χ0) is 18.4.